The summed E-state index contributed by atoms with van der Waals surface area (Å²) in [4.78, 5) is 32.0. The Bertz CT molecular complexity index is 1150. The van der Waals surface area contributed by atoms with Crippen LogP contribution in [0.5, 0.6) is 5.75 Å². The summed E-state index contributed by atoms with van der Waals surface area (Å²) in [5.74, 6) is 0.0200. The molecule has 0 fully saturated rings. The third-order valence-corrected chi connectivity index (χ3v) is 5.09. The highest BCUT2D eigenvalue weighted by Gasteiger charge is 2.39. The minimum absolute atomic E-state index is 0.0457. The molecule has 0 bridgehead atoms. The van der Waals surface area contributed by atoms with Crippen LogP contribution in [0, 0.1) is 6.92 Å². The molecule has 2 amide bonds. The molecule has 0 atom stereocenters. The number of imide groups is 1. The zero-order chi connectivity index (χ0) is 22.7. The summed E-state index contributed by atoms with van der Waals surface area (Å²) in [6, 6.07) is 18.5. The van der Waals surface area contributed by atoms with Crippen molar-refractivity contribution in [1.82, 2.24) is 9.88 Å². The van der Waals surface area contributed by atoms with Gasteiger partial charge in [0.2, 0.25) is 0 Å². The van der Waals surface area contributed by atoms with E-state index in [-0.39, 0.29) is 30.2 Å². The molecule has 0 saturated carbocycles. The van der Waals surface area contributed by atoms with Gasteiger partial charge in [-0.15, -0.1) is 0 Å². The summed E-state index contributed by atoms with van der Waals surface area (Å²) in [5.41, 5.74) is 3.96. The van der Waals surface area contributed by atoms with Crippen molar-refractivity contribution < 1.29 is 14.3 Å². The summed E-state index contributed by atoms with van der Waals surface area (Å²) in [5, 5.41) is 3.18. The first-order valence-corrected chi connectivity index (χ1v) is 10.5. The monoisotopic (exact) mass is 427 g/mol. The molecule has 2 heterocycles. The second-order valence-corrected chi connectivity index (χ2v) is 7.98. The van der Waals surface area contributed by atoms with E-state index in [1.54, 1.807) is 24.5 Å². The maximum atomic E-state index is 13.4. The molecule has 0 saturated heterocycles. The minimum atomic E-state index is -0.357. The maximum absolute atomic E-state index is 13.4. The number of nitrogens with one attached hydrogen (secondary N) is 1. The number of carbonyl (C=O) groups excluding carboxylic acids is 2. The molecule has 4 rings (SSSR count). The van der Waals surface area contributed by atoms with Crippen molar-refractivity contribution in [3.63, 3.8) is 0 Å². The van der Waals surface area contributed by atoms with Crippen LogP contribution < -0.4 is 10.1 Å². The van der Waals surface area contributed by atoms with Gasteiger partial charge in [-0.3, -0.25) is 19.5 Å². The average Bonchev–Trinajstić information content (AvgIpc) is 3.00. The molecule has 162 valence electrons. The highest BCUT2D eigenvalue weighted by molar-refractivity contribution is 6.36. The Labute approximate surface area is 187 Å². The fourth-order valence-electron chi connectivity index (χ4n) is 3.53. The Morgan fingerprint density at radius 1 is 0.906 bits per heavy atom. The number of nitrogens with zero attached hydrogens (tertiary/aromatic N) is 2. The quantitative estimate of drug-likeness (QED) is 0.559. The molecule has 32 heavy (non-hydrogen) atoms. The summed E-state index contributed by atoms with van der Waals surface area (Å²) >= 11 is 0. The van der Waals surface area contributed by atoms with Gasteiger partial charge in [-0.05, 0) is 68.3 Å². The number of rotatable bonds is 7. The number of amides is 2. The number of pyridine rings is 1. The SMILES string of the molecule is Cc1ccc(NC2=C(c3ccc(OC(C)C)cc3)C(=O)N(Cc3ccncc3)C2=O)cc1. The molecule has 0 radical (unpaired) electrons. The summed E-state index contributed by atoms with van der Waals surface area (Å²) < 4.78 is 5.71. The molecular weight excluding hydrogens is 402 g/mol. The Kier molecular flexibility index (Phi) is 6.03. The Morgan fingerprint density at radius 2 is 1.56 bits per heavy atom. The average molecular weight is 428 g/mol. The van der Waals surface area contributed by atoms with Crippen LogP contribution in [0.3, 0.4) is 0 Å². The van der Waals surface area contributed by atoms with Crippen LogP contribution in [0.25, 0.3) is 5.57 Å². The van der Waals surface area contributed by atoms with Crippen molar-refractivity contribution in [3.05, 3.63) is 95.4 Å². The fourth-order valence-corrected chi connectivity index (χ4v) is 3.53. The predicted molar refractivity (Wildman–Crippen MR) is 124 cm³/mol. The van der Waals surface area contributed by atoms with Crippen molar-refractivity contribution >= 4 is 23.1 Å². The number of aryl methyl sites for hydroxylation is 1. The predicted octanol–water partition coefficient (Wildman–Crippen LogP) is 4.57. The Morgan fingerprint density at radius 3 is 2.19 bits per heavy atom. The van der Waals surface area contributed by atoms with Gasteiger partial charge in [-0.25, -0.2) is 0 Å². The van der Waals surface area contributed by atoms with E-state index >= 15 is 0 Å². The number of aromatic nitrogens is 1. The molecule has 1 aromatic heterocycles. The van der Waals surface area contributed by atoms with Crippen molar-refractivity contribution in [2.75, 3.05) is 5.32 Å². The number of carbonyl (C=O) groups is 2. The largest absolute Gasteiger partial charge is 0.491 e. The van der Waals surface area contributed by atoms with Crippen molar-refractivity contribution in [2.24, 2.45) is 0 Å². The molecule has 0 unspecified atom stereocenters. The molecule has 6 nitrogen and oxygen atoms in total. The maximum Gasteiger partial charge on any atom is 0.278 e. The van der Waals surface area contributed by atoms with Crippen LogP contribution in [0.2, 0.25) is 0 Å². The smallest absolute Gasteiger partial charge is 0.278 e. The van der Waals surface area contributed by atoms with Gasteiger partial charge in [-0.1, -0.05) is 29.8 Å². The van der Waals surface area contributed by atoms with Gasteiger partial charge in [0, 0.05) is 18.1 Å². The number of hydrogen-bond acceptors (Lipinski definition) is 5. The van der Waals surface area contributed by atoms with Gasteiger partial charge in [-0.2, -0.15) is 0 Å². The number of anilines is 1. The third kappa shape index (κ3) is 4.54. The fraction of sp³-hybridized carbons (Fsp3) is 0.192. The molecule has 3 aromatic rings. The standard InChI is InChI=1S/C26H25N3O3/c1-17(2)32-22-10-6-20(7-11-22)23-24(28-21-8-4-18(3)5-9-21)26(31)29(25(23)30)16-19-12-14-27-15-13-19/h4-15,17,28H,16H2,1-3H3. The number of hydrogen-bond donors (Lipinski definition) is 1. The van der Waals surface area contributed by atoms with Crippen molar-refractivity contribution in [3.8, 4) is 5.75 Å². The molecule has 6 heteroatoms. The van der Waals surface area contributed by atoms with Crippen LogP contribution >= 0.6 is 0 Å². The molecule has 1 aliphatic heterocycles. The van der Waals surface area contributed by atoms with E-state index in [2.05, 4.69) is 10.3 Å². The highest BCUT2D eigenvalue weighted by atomic mass is 16.5. The van der Waals surface area contributed by atoms with Gasteiger partial charge in [0.1, 0.15) is 11.4 Å². The first kappa shape index (κ1) is 21.3. The van der Waals surface area contributed by atoms with E-state index in [4.69, 9.17) is 4.74 Å². The number of ether oxygens (including phenoxy) is 1. The normalized spacial score (nSPS) is 13.8. The van der Waals surface area contributed by atoms with E-state index in [0.717, 1.165) is 16.8 Å². The highest BCUT2D eigenvalue weighted by Crippen LogP contribution is 2.32. The van der Waals surface area contributed by atoms with Gasteiger partial charge in [0.25, 0.3) is 11.8 Å². The molecule has 0 aliphatic carbocycles. The van der Waals surface area contributed by atoms with Gasteiger partial charge < -0.3 is 10.1 Å². The first-order chi connectivity index (χ1) is 15.4. The van der Waals surface area contributed by atoms with E-state index in [1.165, 1.54) is 4.90 Å². The van der Waals surface area contributed by atoms with Gasteiger partial charge >= 0.3 is 0 Å². The lowest BCUT2D eigenvalue weighted by molar-refractivity contribution is -0.137. The Hall–Kier alpha value is -3.93. The van der Waals surface area contributed by atoms with Gasteiger partial charge in [0.05, 0.1) is 18.2 Å². The van der Waals surface area contributed by atoms with Crippen LogP contribution in [0.15, 0.2) is 78.8 Å². The first-order valence-electron chi connectivity index (χ1n) is 10.5. The minimum Gasteiger partial charge on any atom is -0.491 e. The van der Waals surface area contributed by atoms with Crippen LogP contribution in [0.4, 0.5) is 5.69 Å². The summed E-state index contributed by atoms with van der Waals surface area (Å²) in [6.45, 7) is 6.08. The number of benzene rings is 2. The topological polar surface area (TPSA) is 71.5 Å². The molecule has 0 spiro atoms. The van der Waals surface area contributed by atoms with Crippen LogP contribution in [-0.4, -0.2) is 27.8 Å². The van der Waals surface area contributed by atoms with E-state index < -0.39 is 0 Å². The van der Waals surface area contributed by atoms with Gasteiger partial charge in [0.15, 0.2) is 0 Å². The molecular formula is C26H25N3O3. The van der Waals surface area contributed by atoms with Crippen molar-refractivity contribution in [2.45, 2.75) is 33.4 Å². The van der Waals surface area contributed by atoms with E-state index in [0.29, 0.717) is 16.9 Å². The lowest BCUT2D eigenvalue weighted by Crippen LogP contribution is -2.32. The second kappa shape index (κ2) is 9.06. The Balaban J connectivity index is 1.71. The van der Waals surface area contributed by atoms with E-state index in [9.17, 15) is 9.59 Å². The molecule has 2 aromatic carbocycles. The molecule has 1 N–H and O–H groups in total. The van der Waals surface area contributed by atoms with Crippen LogP contribution in [0.1, 0.15) is 30.5 Å². The van der Waals surface area contributed by atoms with E-state index in [1.807, 2.05) is 69.3 Å². The zero-order valence-corrected chi connectivity index (χ0v) is 18.3. The van der Waals surface area contributed by atoms with Crippen LogP contribution in [-0.2, 0) is 16.1 Å². The second-order valence-electron chi connectivity index (χ2n) is 7.98. The molecule has 1 aliphatic rings. The zero-order valence-electron chi connectivity index (χ0n) is 18.3. The summed E-state index contributed by atoms with van der Waals surface area (Å²) in [6.07, 6.45) is 3.34. The summed E-state index contributed by atoms with van der Waals surface area (Å²) in [7, 11) is 0. The lowest BCUT2D eigenvalue weighted by atomic mass is 10.0. The third-order valence-electron chi connectivity index (χ3n) is 5.09. The van der Waals surface area contributed by atoms with Crippen molar-refractivity contribution in [1.29, 1.82) is 0 Å². The lowest BCUT2D eigenvalue weighted by Gasteiger charge is -2.15.